The van der Waals surface area contributed by atoms with E-state index >= 15 is 0 Å². The molecule has 4 rings (SSSR count). The second-order valence-electron chi connectivity index (χ2n) is 7.57. The standard InChI is InChI=1S/C24H24N4O4S/c1-14-9-15(2)11-18(10-14)31-7-8-32-20-6-5-17(13-21(20)30-4)12-19-22(25)28-24(26-23(19)29)33-16(3)27-28/h5-6,9-13,25H,7-8H2,1-4H3. The van der Waals surface area contributed by atoms with Crippen molar-refractivity contribution in [3.63, 3.8) is 0 Å². The van der Waals surface area contributed by atoms with Crippen molar-refractivity contribution >= 4 is 39.8 Å². The minimum absolute atomic E-state index is 0.00261. The number of hydrogen-bond donors (Lipinski definition) is 1. The van der Waals surface area contributed by atoms with E-state index in [-0.39, 0.29) is 11.4 Å². The van der Waals surface area contributed by atoms with Crippen LogP contribution in [0.2, 0.25) is 0 Å². The fraction of sp³-hybridized carbons (Fsp3) is 0.250. The molecule has 33 heavy (non-hydrogen) atoms. The Hall–Kier alpha value is -3.59. The van der Waals surface area contributed by atoms with E-state index in [9.17, 15) is 4.79 Å². The highest BCUT2D eigenvalue weighted by molar-refractivity contribution is 8.26. The van der Waals surface area contributed by atoms with Gasteiger partial charge in [-0.15, -0.1) is 0 Å². The molecule has 0 atom stereocenters. The van der Waals surface area contributed by atoms with Crippen molar-refractivity contribution in [2.75, 3.05) is 20.3 Å². The van der Waals surface area contributed by atoms with Gasteiger partial charge in [0, 0.05) is 0 Å². The van der Waals surface area contributed by atoms with Crippen LogP contribution in [-0.4, -0.2) is 47.3 Å². The quantitative estimate of drug-likeness (QED) is 0.482. The summed E-state index contributed by atoms with van der Waals surface area (Å²) < 4.78 is 17.1. The predicted molar refractivity (Wildman–Crippen MR) is 131 cm³/mol. The number of amides is 1. The number of rotatable bonds is 7. The molecule has 0 saturated carbocycles. The van der Waals surface area contributed by atoms with Crippen LogP contribution >= 0.6 is 11.8 Å². The lowest BCUT2D eigenvalue weighted by Gasteiger charge is -2.20. The van der Waals surface area contributed by atoms with Gasteiger partial charge in [-0.1, -0.05) is 12.1 Å². The first-order chi connectivity index (χ1) is 15.8. The highest BCUT2D eigenvalue weighted by Crippen LogP contribution is 2.31. The van der Waals surface area contributed by atoms with Crippen LogP contribution in [0.5, 0.6) is 17.2 Å². The molecule has 0 spiro atoms. The molecule has 2 aliphatic heterocycles. The third-order valence-corrected chi connectivity index (χ3v) is 5.68. The van der Waals surface area contributed by atoms with Crippen molar-refractivity contribution < 1.29 is 19.0 Å². The molecular weight excluding hydrogens is 440 g/mol. The molecular formula is C24H24N4O4S. The summed E-state index contributed by atoms with van der Waals surface area (Å²) in [6.07, 6.45) is 1.61. The Morgan fingerprint density at radius 3 is 2.48 bits per heavy atom. The number of ether oxygens (including phenoxy) is 3. The fourth-order valence-electron chi connectivity index (χ4n) is 3.47. The third kappa shape index (κ3) is 5.09. The SMILES string of the molecule is COc1cc(C=C2C(=N)N3N=C(C)SC3=NC2=O)ccc1OCCOc1cc(C)cc(C)c1. The van der Waals surface area contributed by atoms with E-state index < -0.39 is 5.91 Å². The smallest absolute Gasteiger partial charge is 0.283 e. The number of benzene rings is 2. The second-order valence-corrected chi connectivity index (χ2v) is 8.73. The first kappa shape index (κ1) is 22.6. The van der Waals surface area contributed by atoms with E-state index in [1.165, 1.54) is 16.8 Å². The number of hydrazone groups is 1. The maximum absolute atomic E-state index is 12.5. The summed E-state index contributed by atoms with van der Waals surface area (Å²) >= 11 is 1.27. The lowest BCUT2D eigenvalue weighted by Crippen LogP contribution is -2.35. The molecule has 2 aliphatic rings. The minimum atomic E-state index is -0.466. The van der Waals surface area contributed by atoms with Crippen LogP contribution in [0.4, 0.5) is 0 Å². The van der Waals surface area contributed by atoms with Gasteiger partial charge in [0.25, 0.3) is 5.91 Å². The van der Waals surface area contributed by atoms with Crippen LogP contribution in [0.15, 0.2) is 52.1 Å². The molecule has 0 aliphatic carbocycles. The average molecular weight is 465 g/mol. The van der Waals surface area contributed by atoms with Gasteiger partial charge in [0.05, 0.1) is 17.7 Å². The van der Waals surface area contributed by atoms with Crippen LogP contribution in [-0.2, 0) is 4.79 Å². The van der Waals surface area contributed by atoms with Gasteiger partial charge in [-0.05, 0) is 79.6 Å². The zero-order valence-corrected chi connectivity index (χ0v) is 19.7. The molecule has 0 fully saturated rings. The summed E-state index contributed by atoms with van der Waals surface area (Å²) in [5.74, 6) is 1.42. The molecule has 170 valence electrons. The van der Waals surface area contributed by atoms with Crippen molar-refractivity contribution in [1.29, 1.82) is 5.41 Å². The van der Waals surface area contributed by atoms with Crippen LogP contribution in [0.25, 0.3) is 6.08 Å². The maximum Gasteiger partial charge on any atom is 0.283 e. The summed E-state index contributed by atoms with van der Waals surface area (Å²) in [6, 6.07) is 11.4. The van der Waals surface area contributed by atoms with Crippen LogP contribution in [0.1, 0.15) is 23.6 Å². The topological polar surface area (TPSA) is 96.6 Å². The Labute approximate surface area is 196 Å². The fourth-order valence-corrected chi connectivity index (χ4v) is 4.21. The monoisotopic (exact) mass is 464 g/mol. The summed E-state index contributed by atoms with van der Waals surface area (Å²) in [4.78, 5) is 16.5. The van der Waals surface area contributed by atoms with Gasteiger partial charge in [0.1, 0.15) is 19.0 Å². The van der Waals surface area contributed by atoms with E-state index in [1.54, 1.807) is 31.4 Å². The average Bonchev–Trinajstić information content (AvgIpc) is 3.14. The number of thioether (sulfide) groups is 1. The van der Waals surface area contributed by atoms with Crippen LogP contribution in [0, 0.1) is 19.3 Å². The van der Waals surface area contributed by atoms with E-state index in [2.05, 4.69) is 16.2 Å². The first-order valence-electron chi connectivity index (χ1n) is 10.3. The van der Waals surface area contributed by atoms with Gasteiger partial charge in [0.2, 0.25) is 5.17 Å². The molecule has 9 heteroatoms. The zero-order valence-electron chi connectivity index (χ0n) is 18.8. The molecule has 0 aromatic heterocycles. The molecule has 0 unspecified atom stereocenters. The van der Waals surface area contributed by atoms with Gasteiger partial charge < -0.3 is 14.2 Å². The maximum atomic E-state index is 12.5. The first-order valence-corrected chi connectivity index (χ1v) is 11.1. The highest BCUT2D eigenvalue weighted by Gasteiger charge is 2.34. The molecule has 8 nitrogen and oxygen atoms in total. The van der Waals surface area contributed by atoms with Crippen molar-refractivity contribution in [3.05, 3.63) is 58.7 Å². The number of fused-ring (bicyclic) bond motifs is 1. The second kappa shape index (κ2) is 9.50. The number of carbonyl (C=O) groups excluding carboxylic acids is 1. The number of hydrogen-bond acceptors (Lipinski definition) is 7. The van der Waals surface area contributed by atoms with Gasteiger partial charge >= 0.3 is 0 Å². The van der Waals surface area contributed by atoms with Gasteiger partial charge in [-0.2, -0.15) is 15.1 Å². The van der Waals surface area contributed by atoms with E-state index in [4.69, 9.17) is 19.6 Å². The number of amidine groups is 2. The number of methoxy groups -OCH3 is 1. The molecule has 2 heterocycles. The largest absolute Gasteiger partial charge is 0.493 e. The summed E-state index contributed by atoms with van der Waals surface area (Å²) in [7, 11) is 1.55. The number of carbonyl (C=O) groups is 1. The lowest BCUT2D eigenvalue weighted by molar-refractivity contribution is -0.114. The van der Waals surface area contributed by atoms with E-state index in [0.29, 0.717) is 35.4 Å². The molecule has 0 bridgehead atoms. The molecule has 2 aromatic rings. The summed E-state index contributed by atoms with van der Waals surface area (Å²) in [5.41, 5.74) is 3.14. The Balaban J connectivity index is 1.43. The summed E-state index contributed by atoms with van der Waals surface area (Å²) in [6.45, 7) is 6.60. The van der Waals surface area contributed by atoms with Crippen LogP contribution in [0.3, 0.4) is 0 Å². The normalized spacial score (nSPS) is 16.5. The van der Waals surface area contributed by atoms with Crippen LogP contribution < -0.4 is 14.2 Å². The third-order valence-electron chi connectivity index (χ3n) is 4.86. The Bertz CT molecular complexity index is 1200. The number of nitrogens with one attached hydrogen (secondary N) is 1. The van der Waals surface area contributed by atoms with E-state index in [0.717, 1.165) is 21.9 Å². The Morgan fingerprint density at radius 1 is 1.03 bits per heavy atom. The van der Waals surface area contributed by atoms with Gasteiger partial charge in [0.15, 0.2) is 17.3 Å². The van der Waals surface area contributed by atoms with Crippen molar-refractivity contribution in [2.45, 2.75) is 20.8 Å². The number of nitrogens with zero attached hydrogens (tertiary/aromatic N) is 3. The molecule has 0 saturated heterocycles. The van der Waals surface area contributed by atoms with Crippen molar-refractivity contribution in [1.82, 2.24) is 5.01 Å². The Morgan fingerprint density at radius 2 is 1.76 bits per heavy atom. The molecule has 2 aromatic carbocycles. The molecule has 0 radical (unpaired) electrons. The minimum Gasteiger partial charge on any atom is -0.493 e. The number of aryl methyl sites for hydroxylation is 2. The van der Waals surface area contributed by atoms with E-state index in [1.807, 2.05) is 32.9 Å². The predicted octanol–water partition coefficient (Wildman–Crippen LogP) is 4.41. The Kier molecular flexibility index (Phi) is 6.50. The highest BCUT2D eigenvalue weighted by atomic mass is 32.2. The van der Waals surface area contributed by atoms with Crippen molar-refractivity contribution in [2.24, 2.45) is 10.1 Å². The van der Waals surface area contributed by atoms with Gasteiger partial charge in [-0.25, -0.2) is 0 Å². The number of aliphatic imine (C=N–C) groups is 1. The zero-order chi connectivity index (χ0) is 23.5. The molecule has 1 amide bonds. The van der Waals surface area contributed by atoms with Crippen molar-refractivity contribution in [3.8, 4) is 17.2 Å². The summed E-state index contributed by atoms with van der Waals surface area (Å²) in [5, 5.41) is 15.1. The lowest BCUT2D eigenvalue weighted by atomic mass is 10.1. The molecule has 1 N–H and O–H groups in total. The van der Waals surface area contributed by atoms with Gasteiger partial charge in [-0.3, -0.25) is 10.2 Å².